The molecule has 0 bridgehead atoms. The summed E-state index contributed by atoms with van der Waals surface area (Å²) >= 11 is 3.31. The van der Waals surface area contributed by atoms with Gasteiger partial charge in [0.1, 0.15) is 0 Å². The third-order valence-corrected chi connectivity index (χ3v) is 5.35. The van der Waals surface area contributed by atoms with Gasteiger partial charge in [0.15, 0.2) is 0 Å². The summed E-state index contributed by atoms with van der Waals surface area (Å²) in [4.78, 5) is 10.8. The van der Waals surface area contributed by atoms with Gasteiger partial charge >= 0.3 is 5.97 Å². The van der Waals surface area contributed by atoms with E-state index in [1.54, 1.807) is 26.0 Å². The number of hydrogen-bond donors (Lipinski definition) is 1. The van der Waals surface area contributed by atoms with Crippen LogP contribution in [0, 0.1) is 13.8 Å². The molecule has 19 heavy (non-hydrogen) atoms. The Kier molecular flexibility index (Phi) is 5.11. The summed E-state index contributed by atoms with van der Waals surface area (Å²) in [5.74, 6) is -1.02. The molecule has 0 radical (unpaired) electrons. The first-order valence-corrected chi connectivity index (χ1v) is 7.84. The molecule has 0 aliphatic rings. The summed E-state index contributed by atoms with van der Waals surface area (Å²) in [5.41, 5.74) is 1.27. The fraction of sp³-hybridized carbons (Fsp3) is 0.417. The first-order valence-electron chi connectivity index (χ1n) is 5.61. The van der Waals surface area contributed by atoms with E-state index in [0.29, 0.717) is 11.1 Å². The fourth-order valence-corrected chi connectivity index (χ4v) is 4.10. The molecule has 1 aromatic carbocycles. The molecule has 0 unspecified atom stereocenters. The van der Waals surface area contributed by atoms with Gasteiger partial charge in [-0.3, -0.25) is 4.79 Å². The summed E-state index contributed by atoms with van der Waals surface area (Å²) in [6.07, 6.45) is -0.218. The molecule has 1 aromatic rings. The summed E-state index contributed by atoms with van der Waals surface area (Å²) in [6, 6.07) is 3.45. The SMILES string of the molecule is Cc1cc(Br)cc(C)c1S(=O)(=O)N(C)CCC(=O)O. The van der Waals surface area contributed by atoms with Gasteiger partial charge in [-0.2, -0.15) is 0 Å². The minimum absolute atomic E-state index is 0.0490. The summed E-state index contributed by atoms with van der Waals surface area (Å²) in [6.45, 7) is 3.39. The monoisotopic (exact) mass is 349 g/mol. The van der Waals surface area contributed by atoms with Crippen LogP contribution in [0.3, 0.4) is 0 Å². The normalized spacial score (nSPS) is 11.8. The summed E-state index contributed by atoms with van der Waals surface area (Å²) < 4.78 is 26.7. The molecule has 106 valence electrons. The van der Waals surface area contributed by atoms with Gasteiger partial charge in [-0.1, -0.05) is 15.9 Å². The Balaban J connectivity index is 3.17. The van der Waals surface area contributed by atoms with E-state index >= 15 is 0 Å². The van der Waals surface area contributed by atoms with Gasteiger partial charge in [0.2, 0.25) is 10.0 Å². The van der Waals surface area contributed by atoms with Gasteiger partial charge in [0.25, 0.3) is 0 Å². The highest BCUT2D eigenvalue weighted by Crippen LogP contribution is 2.26. The number of carboxylic acids is 1. The lowest BCUT2D eigenvalue weighted by Gasteiger charge is -2.19. The lowest BCUT2D eigenvalue weighted by atomic mass is 10.2. The Bertz CT molecular complexity index is 575. The van der Waals surface area contributed by atoms with Gasteiger partial charge in [-0.15, -0.1) is 0 Å². The largest absolute Gasteiger partial charge is 0.481 e. The Labute approximate surface area is 121 Å². The Morgan fingerprint density at radius 2 is 1.79 bits per heavy atom. The minimum atomic E-state index is -3.66. The zero-order chi connectivity index (χ0) is 14.8. The zero-order valence-electron chi connectivity index (χ0n) is 11.0. The van der Waals surface area contributed by atoms with Crippen LogP contribution in [-0.4, -0.2) is 37.4 Å². The molecule has 0 aliphatic heterocycles. The number of carboxylic acid groups (broad SMARTS) is 1. The van der Waals surface area contributed by atoms with Gasteiger partial charge in [-0.05, 0) is 37.1 Å². The van der Waals surface area contributed by atoms with Crippen LogP contribution >= 0.6 is 15.9 Å². The Hall–Kier alpha value is -0.920. The highest BCUT2D eigenvalue weighted by molar-refractivity contribution is 9.10. The van der Waals surface area contributed by atoms with Crippen LogP contribution in [0.25, 0.3) is 0 Å². The number of sulfonamides is 1. The van der Waals surface area contributed by atoms with Crippen molar-refractivity contribution in [2.24, 2.45) is 0 Å². The van der Waals surface area contributed by atoms with Crippen molar-refractivity contribution in [2.45, 2.75) is 25.2 Å². The Morgan fingerprint density at radius 3 is 2.21 bits per heavy atom. The second kappa shape index (κ2) is 6.02. The van der Waals surface area contributed by atoms with Crippen LogP contribution in [0.5, 0.6) is 0 Å². The van der Waals surface area contributed by atoms with Gasteiger partial charge in [0, 0.05) is 18.1 Å². The predicted octanol–water partition coefficient (Wildman–Crippen LogP) is 2.16. The maximum atomic E-state index is 12.4. The molecule has 0 spiro atoms. The van der Waals surface area contributed by atoms with Gasteiger partial charge in [-0.25, -0.2) is 12.7 Å². The average molecular weight is 350 g/mol. The number of halogens is 1. The first kappa shape index (κ1) is 16.1. The van der Waals surface area contributed by atoms with Crippen molar-refractivity contribution < 1.29 is 18.3 Å². The standard InChI is InChI=1S/C12H16BrNO4S/c1-8-6-10(13)7-9(2)12(8)19(17,18)14(3)5-4-11(15)16/h6-7H,4-5H2,1-3H3,(H,15,16). The van der Waals surface area contributed by atoms with Crippen LogP contribution in [0.15, 0.2) is 21.5 Å². The molecule has 0 aliphatic carbocycles. The quantitative estimate of drug-likeness (QED) is 0.883. The number of benzene rings is 1. The lowest BCUT2D eigenvalue weighted by molar-refractivity contribution is -0.137. The number of rotatable bonds is 5. The van der Waals surface area contributed by atoms with Crippen LogP contribution < -0.4 is 0 Å². The Morgan fingerprint density at radius 1 is 1.32 bits per heavy atom. The molecule has 0 saturated carbocycles. The van der Waals surface area contributed by atoms with Crippen molar-refractivity contribution in [1.82, 2.24) is 4.31 Å². The molecule has 0 atom stereocenters. The molecule has 0 aromatic heterocycles. The number of nitrogens with zero attached hydrogens (tertiary/aromatic N) is 1. The number of aryl methyl sites for hydroxylation is 2. The maximum absolute atomic E-state index is 12.4. The molecular formula is C12H16BrNO4S. The predicted molar refractivity (Wildman–Crippen MR) is 75.7 cm³/mol. The smallest absolute Gasteiger partial charge is 0.304 e. The van der Waals surface area contributed by atoms with E-state index in [1.165, 1.54) is 7.05 Å². The minimum Gasteiger partial charge on any atom is -0.481 e. The van der Waals surface area contributed by atoms with Gasteiger partial charge in [0.05, 0.1) is 11.3 Å². The molecule has 0 amide bonds. The highest BCUT2D eigenvalue weighted by atomic mass is 79.9. The van der Waals surface area contributed by atoms with Crippen LogP contribution in [0.4, 0.5) is 0 Å². The molecule has 1 rings (SSSR count). The van der Waals surface area contributed by atoms with E-state index in [2.05, 4.69) is 15.9 Å². The van der Waals surface area contributed by atoms with Gasteiger partial charge < -0.3 is 5.11 Å². The van der Waals surface area contributed by atoms with Crippen molar-refractivity contribution in [3.05, 3.63) is 27.7 Å². The van der Waals surface area contributed by atoms with Crippen molar-refractivity contribution in [3.8, 4) is 0 Å². The fourth-order valence-electron chi connectivity index (χ4n) is 1.83. The van der Waals surface area contributed by atoms with E-state index < -0.39 is 16.0 Å². The molecule has 0 saturated heterocycles. The summed E-state index contributed by atoms with van der Waals surface area (Å²) in [7, 11) is -2.28. The van der Waals surface area contributed by atoms with Crippen molar-refractivity contribution in [1.29, 1.82) is 0 Å². The number of carbonyl (C=O) groups is 1. The second-order valence-corrected chi connectivity index (χ2v) is 7.24. The lowest BCUT2D eigenvalue weighted by Crippen LogP contribution is -2.30. The zero-order valence-corrected chi connectivity index (χ0v) is 13.4. The summed E-state index contributed by atoms with van der Waals surface area (Å²) in [5, 5.41) is 8.62. The van der Waals surface area contributed by atoms with Crippen LogP contribution in [0.2, 0.25) is 0 Å². The number of hydrogen-bond acceptors (Lipinski definition) is 3. The molecule has 5 nitrogen and oxygen atoms in total. The highest BCUT2D eigenvalue weighted by Gasteiger charge is 2.25. The average Bonchev–Trinajstić information content (AvgIpc) is 2.23. The maximum Gasteiger partial charge on any atom is 0.304 e. The van der Waals surface area contributed by atoms with E-state index in [1.807, 2.05) is 0 Å². The topological polar surface area (TPSA) is 74.7 Å². The second-order valence-electron chi connectivity index (χ2n) is 4.34. The molecule has 1 N–H and O–H groups in total. The van der Waals surface area contributed by atoms with E-state index in [0.717, 1.165) is 8.78 Å². The van der Waals surface area contributed by atoms with E-state index in [-0.39, 0.29) is 17.9 Å². The number of aliphatic carboxylic acids is 1. The van der Waals surface area contributed by atoms with Crippen LogP contribution in [0.1, 0.15) is 17.5 Å². The molecule has 0 heterocycles. The van der Waals surface area contributed by atoms with Crippen molar-refractivity contribution in [3.63, 3.8) is 0 Å². The van der Waals surface area contributed by atoms with E-state index in [9.17, 15) is 13.2 Å². The first-order chi connectivity index (χ1) is 8.66. The van der Waals surface area contributed by atoms with E-state index in [4.69, 9.17) is 5.11 Å². The van der Waals surface area contributed by atoms with Crippen molar-refractivity contribution >= 4 is 31.9 Å². The molecule has 0 fully saturated rings. The third kappa shape index (κ3) is 3.77. The molecule has 7 heteroatoms. The third-order valence-electron chi connectivity index (χ3n) is 2.73. The van der Waals surface area contributed by atoms with Crippen LogP contribution in [-0.2, 0) is 14.8 Å². The molecular weight excluding hydrogens is 334 g/mol. The van der Waals surface area contributed by atoms with Crippen molar-refractivity contribution in [2.75, 3.05) is 13.6 Å².